The van der Waals surface area contributed by atoms with Crippen LogP contribution >= 0.6 is 0 Å². The van der Waals surface area contributed by atoms with Gasteiger partial charge >= 0.3 is 0 Å². The Morgan fingerprint density at radius 1 is 1.03 bits per heavy atom. The third kappa shape index (κ3) is 4.25. The fourth-order valence-corrected chi connectivity index (χ4v) is 4.71. The van der Waals surface area contributed by atoms with Crippen LogP contribution in [0.5, 0.6) is 0 Å². The number of benzene rings is 2. The smallest absolute Gasteiger partial charge is 0.254 e. The van der Waals surface area contributed by atoms with Crippen molar-refractivity contribution >= 4 is 11.8 Å². The molecule has 0 aliphatic carbocycles. The second-order valence-electron chi connectivity index (χ2n) is 8.28. The standard InChI is InChI=1S/C24H29N3O3/c28-15-12-25-22(29)16-24(27-18-20-8-4-5-9-21(20)23(27)30)10-13-26(14-11-24)17-19-6-2-1-3-7-19/h1-9,28H,10-18H2,(H,25,29). The molecule has 2 aromatic carbocycles. The number of amides is 2. The molecule has 2 aliphatic heterocycles. The molecule has 0 atom stereocenters. The van der Waals surface area contributed by atoms with Gasteiger partial charge in [-0.05, 0) is 30.0 Å². The van der Waals surface area contributed by atoms with Gasteiger partial charge in [0.15, 0.2) is 0 Å². The minimum Gasteiger partial charge on any atom is -0.395 e. The Morgan fingerprint density at radius 2 is 1.73 bits per heavy atom. The normalized spacial score (nSPS) is 18.3. The Hall–Kier alpha value is -2.70. The maximum absolute atomic E-state index is 13.2. The Labute approximate surface area is 177 Å². The van der Waals surface area contributed by atoms with Crippen molar-refractivity contribution in [1.29, 1.82) is 0 Å². The van der Waals surface area contributed by atoms with E-state index in [0.29, 0.717) is 6.54 Å². The summed E-state index contributed by atoms with van der Waals surface area (Å²) in [7, 11) is 0. The molecular formula is C24H29N3O3. The molecule has 158 valence electrons. The zero-order valence-corrected chi connectivity index (χ0v) is 17.2. The fraction of sp³-hybridized carbons (Fsp3) is 0.417. The maximum Gasteiger partial charge on any atom is 0.254 e. The molecule has 2 aliphatic rings. The molecule has 0 spiro atoms. The van der Waals surface area contributed by atoms with E-state index in [0.717, 1.165) is 43.6 Å². The largest absolute Gasteiger partial charge is 0.395 e. The Balaban J connectivity index is 1.51. The van der Waals surface area contributed by atoms with Gasteiger partial charge in [-0.3, -0.25) is 14.5 Å². The number of hydrogen-bond donors (Lipinski definition) is 2. The van der Waals surface area contributed by atoms with E-state index in [-0.39, 0.29) is 31.4 Å². The van der Waals surface area contributed by atoms with Crippen LogP contribution in [0.15, 0.2) is 54.6 Å². The van der Waals surface area contributed by atoms with Crippen LogP contribution in [-0.2, 0) is 17.9 Å². The van der Waals surface area contributed by atoms with Crippen LogP contribution in [0.25, 0.3) is 0 Å². The molecule has 0 unspecified atom stereocenters. The summed E-state index contributed by atoms with van der Waals surface area (Å²) in [6, 6.07) is 18.1. The van der Waals surface area contributed by atoms with Gasteiger partial charge in [0.25, 0.3) is 5.91 Å². The number of piperidine rings is 1. The number of nitrogens with one attached hydrogen (secondary N) is 1. The predicted octanol–water partition coefficient (Wildman–Crippen LogP) is 2.18. The van der Waals surface area contributed by atoms with Gasteiger partial charge in [0.05, 0.1) is 18.6 Å². The lowest BCUT2D eigenvalue weighted by atomic mass is 9.82. The average Bonchev–Trinajstić information content (AvgIpc) is 3.12. The summed E-state index contributed by atoms with van der Waals surface area (Å²) in [4.78, 5) is 30.1. The van der Waals surface area contributed by atoms with Crippen LogP contribution in [-0.4, -0.2) is 58.5 Å². The molecule has 2 N–H and O–H groups in total. The van der Waals surface area contributed by atoms with Gasteiger partial charge in [0.2, 0.25) is 5.91 Å². The van der Waals surface area contributed by atoms with Gasteiger partial charge in [-0.25, -0.2) is 0 Å². The van der Waals surface area contributed by atoms with Crippen LogP contribution in [0, 0.1) is 0 Å². The SMILES string of the molecule is O=C(CC1(N2Cc3ccccc3C2=O)CCN(Cc2ccccc2)CC1)NCCO. The summed E-state index contributed by atoms with van der Waals surface area (Å²) in [5, 5.41) is 11.8. The first-order chi connectivity index (χ1) is 14.6. The summed E-state index contributed by atoms with van der Waals surface area (Å²) >= 11 is 0. The summed E-state index contributed by atoms with van der Waals surface area (Å²) in [5.74, 6) is -0.0821. The quantitative estimate of drug-likeness (QED) is 0.738. The van der Waals surface area contributed by atoms with Crippen LogP contribution in [0.4, 0.5) is 0 Å². The molecule has 1 fully saturated rings. The highest BCUT2D eigenvalue weighted by Crippen LogP contribution is 2.38. The highest BCUT2D eigenvalue weighted by molar-refractivity contribution is 5.99. The highest BCUT2D eigenvalue weighted by atomic mass is 16.3. The lowest BCUT2D eigenvalue weighted by Crippen LogP contribution is -2.57. The molecule has 2 aromatic rings. The van der Waals surface area contributed by atoms with E-state index in [4.69, 9.17) is 5.11 Å². The van der Waals surface area contributed by atoms with Crippen LogP contribution in [0.2, 0.25) is 0 Å². The lowest BCUT2D eigenvalue weighted by molar-refractivity contribution is -0.125. The van der Waals surface area contributed by atoms with Gasteiger partial charge in [-0.15, -0.1) is 0 Å². The zero-order chi connectivity index (χ0) is 21.0. The van der Waals surface area contributed by atoms with E-state index in [2.05, 4.69) is 34.5 Å². The van der Waals surface area contributed by atoms with E-state index in [9.17, 15) is 9.59 Å². The molecule has 0 aromatic heterocycles. The first kappa shape index (κ1) is 20.6. The van der Waals surface area contributed by atoms with Crippen molar-refractivity contribution in [2.24, 2.45) is 0 Å². The fourth-order valence-electron chi connectivity index (χ4n) is 4.71. The van der Waals surface area contributed by atoms with Crippen molar-refractivity contribution in [3.63, 3.8) is 0 Å². The van der Waals surface area contributed by atoms with Crippen molar-refractivity contribution in [1.82, 2.24) is 15.1 Å². The monoisotopic (exact) mass is 407 g/mol. The molecule has 2 amide bonds. The summed E-state index contributed by atoms with van der Waals surface area (Å²) < 4.78 is 0. The van der Waals surface area contributed by atoms with E-state index >= 15 is 0 Å². The van der Waals surface area contributed by atoms with Crippen molar-refractivity contribution in [2.75, 3.05) is 26.2 Å². The summed E-state index contributed by atoms with van der Waals surface area (Å²) in [6.45, 7) is 3.26. The molecule has 0 saturated carbocycles. The van der Waals surface area contributed by atoms with E-state index in [1.165, 1.54) is 5.56 Å². The molecule has 0 radical (unpaired) electrons. The Bertz CT molecular complexity index is 892. The Kier molecular flexibility index (Phi) is 6.16. The van der Waals surface area contributed by atoms with E-state index in [1.54, 1.807) is 0 Å². The second kappa shape index (κ2) is 8.98. The number of hydrogen-bond acceptors (Lipinski definition) is 4. The molecule has 1 saturated heterocycles. The molecule has 6 nitrogen and oxygen atoms in total. The number of likely N-dealkylation sites (tertiary alicyclic amines) is 1. The van der Waals surface area contributed by atoms with Crippen molar-refractivity contribution in [3.05, 3.63) is 71.3 Å². The van der Waals surface area contributed by atoms with Gasteiger partial charge in [-0.1, -0.05) is 48.5 Å². The average molecular weight is 408 g/mol. The summed E-state index contributed by atoms with van der Waals surface area (Å²) in [6.07, 6.45) is 1.78. The number of rotatable bonds is 7. The first-order valence-corrected chi connectivity index (χ1v) is 10.6. The second-order valence-corrected chi connectivity index (χ2v) is 8.28. The molecule has 30 heavy (non-hydrogen) atoms. The van der Waals surface area contributed by atoms with Crippen molar-refractivity contribution < 1.29 is 14.7 Å². The molecule has 4 rings (SSSR count). The molecule has 6 heteroatoms. The van der Waals surface area contributed by atoms with Crippen LogP contribution in [0.1, 0.15) is 40.7 Å². The number of aliphatic hydroxyl groups is 1. The number of carbonyl (C=O) groups is 2. The number of aliphatic hydroxyl groups excluding tert-OH is 1. The number of nitrogens with zero attached hydrogens (tertiary/aromatic N) is 2. The van der Waals surface area contributed by atoms with Crippen LogP contribution < -0.4 is 5.32 Å². The third-order valence-corrected chi connectivity index (χ3v) is 6.35. The van der Waals surface area contributed by atoms with E-state index < -0.39 is 5.54 Å². The van der Waals surface area contributed by atoms with Gasteiger partial charge in [0.1, 0.15) is 0 Å². The zero-order valence-electron chi connectivity index (χ0n) is 17.2. The maximum atomic E-state index is 13.2. The number of carbonyl (C=O) groups excluding carboxylic acids is 2. The minimum atomic E-state index is -0.497. The predicted molar refractivity (Wildman–Crippen MR) is 115 cm³/mol. The highest BCUT2D eigenvalue weighted by Gasteiger charge is 2.46. The molecule has 2 heterocycles. The minimum absolute atomic E-state index is 0.0251. The molecule has 0 bridgehead atoms. The van der Waals surface area contributed by atoms with Crippen molar-refractivity contribution in [2.45, 2.75) is 37.9 Å². The lowest BCUT2D eigenvalue weighted by Gasteiger charge is -2.47. The van der Waals surface area contributed by atoms with E-state index in [1.807, 2.05) is 35.2 Å². The van der Waals surface area contributed by atoms with Gasteiger partial charge in [0, 0.05) is 38.3 Å². The summed E-state index contributed by atoms with van der Waals surface area (Å²) in [5.41, 5.74) is 2.56. The van der Waals surface area contributed by atoms with Gasteiger partial charge < -0.3 is 15.3 Å². The Morgan fingerprint density at radius 3 is 2.43 bits per heavy atom. The van der Waals surface area contributed by atoms with Crippen LogP contribution in [0.3, 0.4) is 0 Å². The van der Waals surface area contributed by atoms with Gasteiger partial charge in [-0.2, -0.15) is 0 Å². The topological polar surface area (TPSA) is 72.9 Å². The first-order valence-electron chi connectivity index (χ1n) is 10.6. The third-order valence-electron chi connectivity index (χ3n) is 6.35. The number of fused-ring (bicyclic) bond motifs is 1. The molecular weight excluding hydrogens is 378 g/mol. The van der Waals surface area contributed by atoms with Crippen molar-refractivity contribution in [3.8, 4) is 0 Å².